The Morgan fingerprint density at radius 1 is 1.00 bits per heavy atom. The molecule has 96 valence electrons. The molecule has 1 heteroatoms. The van der Waals surface area contributed by atoms with Crippen LogP contribution in [-0.2, 0) is 6.42 Å². The standard InChI is InChI=1S/C16H27N/c1-4-12-17-16(15(5-2)6-3)13-14-10-8-7-9-11-14/h7-11,15-17H,4-6,12-13H2,1-3H3. The second kappa shape index (κ2) is 8.30. The Morgan fingerprint density at radius 3 is 2.18 bits per heavy atom. The third kappa shape index (κ3) is 4.91. The molecule has 0 amide bonds. The maximum atomic E-state index is 3.72. The van der Waals surface area contributed by atoms with Gasteiger partial charge < -0.3 is 5.32 Å². The molecule has 0 saturated carbocycles. The molecule has 0 aliphatic rings. The van der Waals surface area contributed by atoms with E-state index in [9.17, 15) is 0 Å². The lowest BCUT2D eigenvalue weighted by Gasteiger charge is -2.26. The first-order valence-corrected chi connectivity index (χ1v) is 7.09. The molecule has 0 bridgehead atoms. The van der Waals surface area contributed by atoms with Crippen molar-refractivity contribution in [1.82, 2.24) is 5.32 Å². The lowest BCUT2D eigenvalue weighted by Crippen LogP contribution is -2.38. The quantitative estimate of drug-likeness (QED) is 0.714. The SMILES string of the molecule is CCCNC(Cc1ccccc1)C(CC)CC. The molecular formula is C16H27N. The van der Waals surface area contributed by atoms with Crippen LogP contribution >= 0.6 is 0 Å². The minimum absolute atomic E-state index is 0.632. The first-order valence-electron chi connectivity index (χ1n) is 7.09. The summed E-state index contributed by atoms with van der Waals surface area (Å²) in [6.45, 7) is 7.98. The Morgan fingerprint density at radius 2 is 1.65 bits per heavy atom. The second-order valence-corrected chi connectivity index (χ2v) is 4.83. The predicted octanol–water partition coefficient (Wildman–Crippen LogP) is 4.03. The summed E-state index contributed by atoms with van der Waals surface area (Å²) in [7, 11) is 0. The van der Waals surface area contributed by atoms with Crippen molar-refractivity contribution in [1.29, 1.82) is 0 Å². The minimum Gasteiger partial charge on any atom is -0.313 e. The van der Waals surface area contributed by atoms with Crippen LogP contribution in [0.4, 0.5) is 0 Å². The van der Waals surface area contributed by atoms with E-state index in [1.54, 1.807) is 0 Å². The van der Waals surface area contributed by atoms with E-state index in [0.717, 1.165) is 18.9 Å². The monoisotopic (exact) mass is 233 g/mol. The topological polar surface area (TPSA) is 12.0 Å². The van der Waals surface area contributed by atoms with Crippen LogP contribution in [0.15, 0.2) is 30.3 Å². The van der Waals surface area contributed by atoms with Crippen LogP contribution in [0.25, 0.3) is 0 Å². The molecule has 1 unspecified atom stereocenters. The van der Waals surface area contributed by atoms with Gasteiger partial charge in [0.15, 0.2) is 0 Å². The molecule has 0 saturated heterocycles. The molecule has 1 N–H and O–H groups in total. The Hall–Kier alpha value is -0.820. The Balaban J connectivity index is 2.62. The summed E-state index contributed by atoms with van der Waals surface area (Å²) in [5.41, 5.74) is 1.45. The summed E-state index contributed by atoms with van der Waals surface area (Å²) in [6, 6.07) is 11.5. The molecule has 1 rings (SSSR count). The molecule has 1 aromatic rings. The maximum Gasteiger partial charge on any atom is 0.0135 e. The van der Waals surface area contributed by atoms with E-state index in [0.29, 0.717) is 6.04 Å². The van der Waals surface area contributed by atoms with Gasteiger partial charge in [0.05, 0.1) is 0 Å². The zero-order valence-corrected chi connectivity index (χ0v) is 11.6. The highest BCUT2D eigenvalue weighted by Crippen LogP contribution is 2.17. The summed E-state index contributed by atoms with van der Waals surface area (Å²) in [5, 5.41) is 3.72. The van der Waals surface area contributed by atoms with Gasteiger partial charge in [0.2, 0.25) is 0 Å². The summed E-state index contributed by atoms with van der Waals surface area (Å²) in [6.07, 6.45) is 4.91. The molecule has 17 heavy (non-hydrogen) atoms. The third-order valence-corrected chi connectivity index (χ3v) is 3.57. The van der Waals surface area contributed by atoms with Crippen LogP contribution in [0.5, 0.6) is 0 Å². The van der Waals surface area contributed by atoms with Crippen molar-refractivity contribution in [3.63, 3.8) is 0 Å². The summed E-state index contributed by atoms with van der Waals surface area (Å²) in [4.78, 5) is 0. The van der Waals surface area contributed by atoms with E-state index in [2.05, 4.69) is 56.4 Å². The fourth-order valence-corrected chi connectivity index (χ4v) is 2.46. The summed E-state index contributed by atoms with van der Waals surface area (Å²) >= 11 is 0. The van der Waals surface area contributed by atoms with Gasteiger partial charge in [0.25, 0.3) is 0 Å². The zero-order valence-electron chi connectivity index (χ0n) is 11.6. The second-order valence-electron chi connectivity index (χ2n) is 4.83. The summed E-state index contributed by atoms with van der Waals surface area (Å²) in [5.74, 6) is 0.793. The lowest BCUT2D eigenvalue weighted by molar-refractivity contribution is 0.332. The fourth-order valence-electron chi connectivity index (χ4n) is 2.46. The van der Waals surface area contributed by atoms with Gasteiger partial charge in [-0.25, -0.2) is 0 Å². The molecule has 0 radical (unpaired) electrons. The molecule has 0 spiro atoms. The Bertz CT molecular complexity index is 277. The van der Waals surface area contributed by atoms with E-state index in [1.165, 1.54) is 24.8 Å². The van der Waals surface area contributed by atoms with Crippen LogP contribution in [0.3, 0.4) is 0 Å². The molecule has 0 heterocycles. The van der Waals surface area contributed by atoms with E-state index in [4.69, 9.17) is 0 Å². The number of hydrogen-bond acceptors (Lipinski definition) is 1. The highest BCUT2D eigenvalue weighted by Gasteiger charge is 2.17. The zero-order chi connectivity index (χ0) is 12.5. The van der Waals surface area contributed by atoms with Crippen molar-refractivity contribution in [2.75, 3.05) is 6.54 Å². The van der Waals surface area contributed by atoms with Crippen LogP contribution < -0.4 is 5.32 Å². The van der Waals surface area contributed by atoms with Crippen molar-refractivity contribution >= 4 is 0 Å². The maximum absolute atomic E-state index is 3.72. The lowest BCUT2D eigenvalue weighted by atomic mass is 9.89. The molecular weight excluding hydrogens is 206 g/mol. The number of nitrogens with one attached hydrogen (secondary N) is 1. The Kier molecular flexibility index (Phi) is 6.95. The van der Waals surface area contributed by atoms with E-state index < -0.39 is 0 Å². The summed E-state index contributed by atoms with van der Waals surface area (Å²) < 4.78 is 0. The number of benzene rings is 1. The van der Waals surface area contributed by atoms with E-state index in [-0.39, 0.29) is 0 Å². The first kappa shape index (κ1) is 14.2. The normalized spacial score (nSPS) is 12.9. The smallest absolute Gasteiger partial charge is 0.0135 e. The van der Waals surface area contributed by atoms with Crippen LogP contribution in [0.1, 0.15) is 45.6 Å². The molecule has 0 fully saturated rings. The van der Waals surface area contributed by atoms with Crippen molar-refractivity contribution < 1.29 is 0 Å². The van der Waals surface area contributed by atoms with Crippen molar-refractivity contribution in [2.45, 2.75) is 52.5 Å². The molecule has 1 aromatic carbocycles. The van der Waals surface area contributed by atoms with Gasteiger partial charge in [-0.15, -0.1) is 0 Å². The highest BCUT2D eigenvalue weighted by molar-refractivity contribution is 5.16. The molecule has 0 aliphatic carbocycles. The molecule has 0 aromatic heterocycles. The van der Waals surface area contributed by atoms with Crippen LogP contribution in [0.2, 0.25) is 0 Å². The van der Waals surface area contributed by atoms with Crippen LogP contribution in [0, 0.1) is 5.92 Å². The van der Waals surface area contributed by atoms with Crippen molar-refractivity contribution in [2.24, 2.45) is 5.92 Å². The average molecular weight is 233 g/mol. The fraction of sp³-hybridized carbons (Fsp3) is 0.625. The highest BCUT2D eigenvalue weighted by atomic mass is 14.9. The minimum atomic E-state index is 0.632. The van der Waals surface area contributed by atoms with Crippen molar-refractivity contribution in [3.05, 3.63) is 35.9 Å². The average Bonchev–Trinajstić information content (AvgIpc) is 2.38. The van der Waals surface area contributed by atoms with Gasteiger partial charge >= 0.3 is 0 Å². The number of rotatable bonds is 8. The first-order chi connectivity index (χ1) is 8.31. The van der Waals surface area contributed by atoms with Gasteiger partial charge in [-0.2, -0.15) is 0 Å². The van der Waals surface area contributed by atoms with Gasteiger partial charge in [0, 0.05) is 6.04 Å². The largest absolute Gasteiger partial charge is 0.313 e. The number of hydrogen-bond donors (Lipinski definition) is 1. The van der Waals surface area contributed by atoms with Gasteiger partial charge in [-0.3, -0.25) is 0 Å². The molecule has 0 aliphatic heterocycles. The van der Waals surface area contributed by atoms with Gasteiger partial charge in [-0.1, -0.05) is 63.9 Å². The van der Waals surface area contributed by atoms with E-state index in [1.807, 2.05) is 0 Å². The van der Waals surface area contributed by atoms with Crippen LogP contribution in [-0.4, -0.2) is 12.6 Å². The Labute approximate surface area is 107 Å². The molecule has 1 atom stereocenters. The molecule has 1 nitrogen and oxygen atoms in total. The van der Waals surface area contributed by atoms with Gasteiger partial charge in [0.1, 0.15) is 0 Å². The van der Waals surface area contributed by atoms with Crippen molar-refractivity contribution in [3.8, 4) is 0 Å². The predicted molar refractivity (Wildman–Crippen MR) is 76.3 cm³/mol. The third-order valence-electron chi connectivity index (χ3n) is 3.57. The van der Waals surface area contributed by atoms with Gasteiger partial charge in [-0.05, 0) is 30.9 Å². The van der Waals surface area contributed by atoms with E-state index >= 15 is 0 Å².